The van der Waals surface area contributed by atoms with Gasteiger partial charge in [0.25, 0.3) is 0 Å². The second kappa shape index (κ2) is 3.95. The third-order valence-corrected chi connectivity index (χ3v) is 2.99. The molecular formula is C11H18O2. The van der Waals surface area contributed by atoms with Crippen LogP contribution in [0.5, 0.6) is 0 Å². The van der Waals surface area contributed by atoms with Gasteiger partial charge in [0.05, 0.1) is 6.26 Å². The maximum atomic E-state index is 11.6. The van der Waals surface area contributed by atoms with Crippen molar-refractivity contribution in [2.45, 2.75) is 33.6 Å². The van der Waals surface area contributed by atoms with Gasteiger partial charge in [0.1, 0.15) is 0 Å². The van der Waals surface area contributed by atoms with Crippen LogP contribution in [-0.2, 0) is 4.79 Å². The topological polar surface area (TPSA) is 37.3 Å². The molecule has 0 spiro atoms. The van der Waals surface area contributed by atoms with Crippen LogP contribution in [0, 0.1) is 17.8 Å². The maximum Gasteiger partial charge on any atom is 0.164 e. The highest BCUT2D eigenvalue weighted by Gasteiger charge is 2.32. The van der Waals surface area contributed by atoms with Crippen LogP contribution in [0.3, 0.4) is 0 Å². The van der Waals surface area contributed by atoms with E-state index in [2.05, 4.69) is 13.8 Å². The SMILES string of the molecule is CC1CCC(C(C)C)C(=CO)C1=O. The lowest BCUT2D eigenvalue weighted by Crippen LogP contribution is -2.29. The number of aliphatic hydroxyl groups excluding tert-OH is 1. The van der Waals surface area contributed by atoms with E-state index in [0.29, 0.717) is 11.5 Å². The van der Waals surface area contributed by atoms with Gasteiger partial charge in [-0.2, -0.15) is 0 Å². The Kier molecular flexibility index (Phi) is 3.12. The molecular weight excluding hydrogens is 164 g/mol. The molecule has 0 saturated heterocycles. The van der Waals surface area contributed by atoms with Gasteiger partial charge in [0, 0.05) is 11.5 Å². The normalized spacial score (nSPS) is 32.9. The van der Waals surface area contributed by atoms with Crippen molar-refractivity contribution in [3.63, 3.8) is 0 Å². The summed E-state index contributed by atoms with van der Waals surface area (Å²) in [5.74, 6) is 0.921. The minimum atomic E-state index is 0.0911. The number of carbonyl (C=O) groups excluding carboxylic acids is 1. The Morgan fingerprint density at radius 2 is 2.08 bits per heavy atom. The third kappa shape index (κ3) is 1.93. The first-order chi connectivity index (χ1) is 6.07. The summed E-state index contributed by atoms with van der Waals surface area (Å²) in [6, 6.07) is 0. The zero-order chi connectivity index (χ0) is 10.0. The summed E-state index contributed by atoms with van der Waals surface area (Å²) < 4.78 is 0. The summed E-state index contributed by atoms with van der Waals surface area (Å²) in [6.45, 7) is 6.12. The van der Waals surface area contributed by atoms with Crippen LogP contribution in [0.4, 0.5) is 0 Å². The number of carbonyl (C=O) groups is 1. The fourth-order valence-corrected chi connectivity index (χ4v) is 2.04. The number of Topliss-reactive ketones (excluding diaryl/α,β-unsaturated/α-hetero) is 1. The molecule has 1 aliphatic rings. The first-order valence-electron chi connectivity index (χ1n) is 4.96. The van der Waals surface area contributed by atoms with Gasteiger partial charge in [-0.15, -0.1) is 0 Å². The maximum absolute atomic E-state index is 11.6. The van der Waals surface area contributed by atoms with Gasteiger partial charge in [-0.05, 0) is 24.7 Å². The molecule has 0 bridgehead atoms. The molecule has 74 valence electrons. The molecule has 0 amide bonds. The van der Waals surface area contributed by atoms with Crippen molar-refractivity contribution in [1.82, 2.24) is 0 Å². The van der Waals surface area contributed by atoms with E-state index < -0.39 is 0 Å². The lowest BCUT2D eigenvalue weighted by atomic mass is 9.73. The summed E-state index contributed by atoms with van der Waals surface area (Å²) in [4.78, 5) is 11.6. The molecule has 0 aliphatic heterocycles. The molecule has 2 nitrogen and oxygen atoms in total. The van der Waals surface area contributed by atoms with Crippen molar-refractivity contribution in [1.29, 1.82) is 0 Å². The molecule has 0 aromatic heterocycles. The van der Waals surface area contributed by atoms with Gasteiger partial charge in [-0.25, -0.2) is 0 Å². The second-order valence-corrected chi connectivity index (χ2v) is 4.28. The Morgan fingerprint density at radius 3 is 2.54 bits per heavy atom. The molecule has 0 aromatic rings. The largest absolute Gasteiger partial charge is 0.515 e. The predicted octanol–water partition coefficient (Wildman–Crippen LogP) is 2.70. The van der Waals surface area contributed by atoms with Gasteiger partial charge in [0.2, 0.25) is 0 Å². The highest BCUT2D eigenvalue weighted by Crippen LogP contribution is 2.34. The van der Waals surface area contributed by atoms with Crippen molar-refractivity contribution < 1.29 is 9.90 Å². The van der Waals surface area contributed by atoms with Crippen LogP contribution in [0.25, 0.3) is 0 Å². The Hall–Kier alpha value is -0.790. The average Bonchev–Trinajstić information content (AvgIpc) is 2.09. The van der Waals surface area contributed by atoms with Crippen LogP contribution in [0.15, 0.2) is 11.8 Å². The van der Waals surface area contributed by atoms with Crippen LogP contribution < -0.4 is 0 Å². The van der Waals surface area contributed by atoms with Crippen LogP contribution in [0.1, 0.15) is 33.6 Å². The van der Waals surface area contributed by atoms with Crippen molar-refractivity contribution in [2.75, 3.05) is 0 Å². The summed E-state index contributed by atoms with van der Waals surface area (Å²) in [5, 5.41) is 9.02. The van der Waals surface area contributed by atoms with Crippen molar-refractivity contribution in [2.24, 2.45) is 17.8 Å². The molecule has 1 saturated carbocycles. The minimum absolute atomic E-state index is 0.0911. The van der Waals surface area contributed by atoms with E-state index in [1.165, 1.54) is 0 Å². The Balaban J connectivity index is 2.85. The summed E-state index contributed by atoms with van der Waals surface area (Å²) in [5.41, 5.74) is 0.633. The zero-order valence-electron chi connectivity index (χ0n) is 8.58. The summed E-state index contributed by atoms with van der Waals surface area (Å²) in [7, 11) is 0. The van der Waals surface area contributed by atoms with E-state index in [1.54, 1.807) is 0 Å². The van der Waals surface area contributed by atoms with Gasteiger partial charge < -0.3 is 5.11 Å². The van der Waals surface area contributed by atoms with E-state index in [0.717, 1.165) is 19.1 Å². The number of aliphatic hydroxyl groups is 1. The van der Waals surface area contributed by atoms with E-state index >= 15 is 0 Å². The van der Waals surface area contributed by atoms with Crippen molar-refractivity contribution in [3.8, 4) is 0 Å². The highest BCUT2D eigenvalue weighted by molar-refractivity contribution is 5.97. The Labute approximate surface area is 79.6 Å². The van der Waals surface area contributed by atoms with Crippen LogP contribution in [0.2, 0.25) is 0 Å². The molecule has 1 N–H and O–H groups in total. The van der Waals surface area contributed by atoms with E-state index in [1.807, 2.05) is 6.92 Å². The van der Waals surface area contributed by atoms with Gasteiger partial charge in [-0.3, -0.25) is 4.79 Å². The first-order valence-corrected chi connectivity index (χ1v) is 4.96. The van der Waals surface area contributed by atoms with Crippen LogP contribution >= 0.6 is 0 Å². The van der Waals surface area contributed by atoms with E-state index in [9.17, 15) is 4.79 Å². The fourth-order valence-electron chi connectivity index (χ4n) is 2.04. The van der Waals surface area contributed by atoms with Gasteiger partial charge in [-0.1, -0.05) is 20.8 Å². The van der Waals surface area contributed by atoms with Gasteiger partial charge >= 0.3 is 0 Å². The Bertz CT molecular complexity index is 228. The van der Waals surface area contributed by atoms with E-state index in [-0.39, 0.29) is 17.6 Å². The standard InChI is InChI=1S/C11H18O2/c1-7(2)9-5-4-8(3)11(13)10(9)6-12/h6-9,12H,4-5H2,1-3H3. The minimum Gasteiger partial charge on any atom is -0.515 e. The molecule has 1 rings (SSSR count). The highest BCUT2D eigenvalue weighted by atomic mass is 16.2. The predicted molar refractivity (Wildman–Crippen MR) is 52.4 cm³/mol. The lowest BCUT2D eigenvalue weighted by molar-refractivity contribution is -0.121. The Morgan fingerprint density at radius 1 is 1.46 bits per heavy atom. The van der Waals surface area contributed by atoms with Crippen molar-refractivity contribution >= 4 is 5.78 Å². The number of hydrogen-bond donors (Lipinski definition) is 1. The van der Waals surface area contributed by atoms with Crippen LogP contribution in [-0.4, -0.2) is 10.9 Å². The second-order valence-electron chi connectivity index (χ2n) is 4.28. The summed E-state index contributed by atoms with van der Waals surface area (Å²) in [6.07, 6.45) is 3.00. The van der Waals surface area contributed by atoms with Gasteiger partial charge in [0.15, 0.2) is 5.78 Å². The fraction of sp³-hybridized carbons (Fsp3) is 0.727. The quantitative estimate of drug-likeness (QED) is 0.500. The molecule has 0 radical (unpaired) electrons. The number of hydrogen-bond acceptors (Lipinski definition) is 2. The molecule has 2 atom stereocenters. The van der Waals surface area contributed by atoms with E-state index in [4.69, 9.17) is 5.11 Å². The molecule has 0 aromatic carbocycles. The molecule has 13 heavy (non-hydrogen) atoms. The monoisotopic (exact) mass is 182 g/mol. The molecule has 1 fully saturated rings. The average molecular weight is 182 g/mol. The third-order valence-electron chi connectivity index (χ3n) is 2.99. The smallest absolute Gasteiger partial charge is 0.164 e. The molecule has 1 aliphatic carbocycles. The zero-order valence-corrected chi connectivity index (χ0v) is 8.58. The lowest BCUT2D eigenvalue weighted by Gasteiger charge is -2.30. The van der Waals surface area contributed by atoms with Crippen molar-refractivity contribution in [3.05, 3.63) is 11.8 Å². The summed E-state index contributed by atoms with van der Waals surface area (Å²) >= 11 is 0. The molecule has 2 unspecified atom stereocenters. The number of allylic oxidation sites excluding steroid dienone is 1. The molecule has 2 heteroatoms. The molecule has 0 heterocycles. The number of ketones is 1. The first kappa shape index (κ1) is 10.3. The number of rotatable bonds is 1.